The predicted molar refractivity (Wildman–Crippen MR) is 79.5 cm³/mol. The molecule has 0 aromatic rings. The number of fused-ring (bicyclic) bond motifs is 2. The second-order valence-corrected chi connectivity index (χ2v) is 7.76. The zero-order valence-corrected chi connectivity index (χ0v) is 12.9. The number of hydrogen-bond acceptors (Lipinski definition) is 2. The highest BCUT2D eigenvalue weighted by atomic mass is 16.2. The van der Waals surface area contributed by atoms with E-state index in [9.17, 15) is 9.59 Å². The van der Waals surface area contributed by atoms with E-state index in [0.29, 0.717) is 12.0 Å². The van der Waals surface area contributed by atoms with Gasteiger partial charge >= 0.3 is 0 Å². The van der Waals surface area contributed by atoms with E-state index in [1.54, 1.807) is 0 Å². The van der Waals surface area contributed by atoms with Crippen LogP contribution in [0.25, 0.3) is 0 Å². The van der Waals surface area contributed by atoms with E-state index in [1.165, 1.54) is 25.7 Å². The maximum absolute atomic E-state index is 13.2. The molecule has 3 saturated carbocycles. The van der Waals surface area contributed by atoms with Gasteiger partial charge in [0.25, 0.3) is 0 Å². The van der Waals surface area contributed by atoms with Crippen molar-refractivity contribution in [2.45, 2.75) is 82.3 Å². The van der Waals surface area contributed by atoms with Crippen molar-refractivity contribution in [1.82, 2.24) is 10.2 Å². The van der Waals surface area contributed by atoms with E-state index >= 15 is 0 Å². The molecule has 1 aliphatic heterocycles. The molecule has 2 bridgehead atoms. The van der Waals surface area contributed by atoms with Gasteiger partial charge in [0, 0.05) is 6.04 Å². The Morgan fingerprint density at radius 3 is 2.48 bits per heavy atom. The molecule has 21 heavy (non-hydrogen) atoms. The third-order valence-corrected chi connectivity index (χ3v) is 6.57. The summed E-state index contributed by atoms with van der Waals surface area (Å²) in [7, 11) is 0. The van der Waals surface area contributed by atoms with Crippen LogP contribution in [-0.2, 0) is 9.59 Å². The average Bonchev–Trinajstić information content (AvgIpc) is 3.10. The zero-order valence-electron chi connectivity index (χ0n) is 12.9. The smallest absolute Gasteiger partial charge is 0.249 e. The number of carbonyl (C=O) groups excluding carboxylic acids is 2. The lowest BCUT2D eigenvalue weighted by molar-refractivity contribution is -0.160. The van der Waals surface area contributed by atoms with Gasteiger partial charge in [0.15, 0.2) is 0 Å². The van der Waals surface area contributed by atoms with Gasteiger partial charge in [-0.15, -0.1) is 0 Å². The second kappa shape index (κ2) is 4.72. The minimum atomic E-state index is -0.566. The van der Waals surface area contributed by atoms with Gasteiger partial charge in [-0.05, 0) is 50.9 Å². The fourth-order valence-electron chi connectivity index (χ4n) is 5.43. The molecular weight excluding hydrogens is 264 g/mol. The summed E-state index contributed by atoms with van der Waals surface area (Å²) in [5.74, 6) is 1.74. The average molecular weight is 290 g/mol. The Morgan fingerprint density at radius 2 is 1.86 bits per heavy atom. The minimum Gasteiger partial charge on any atom is -0.340 e. The van der Waals surface area contributed by atoms with Gasteiger partial charge in [0.1, 0.15) is 11.6 Å². The molecule has 0 aromatic carbocycles. The Morgan fingerprint density at radius 1 is 1.10 bits per heavy atom. The van der Waals surface area contributed by atoms with Crippen molar-refractivity contribution < 1.29 is 9.59 Å². The number of rotatable bonds is 1. The highest BCUT2D eigenvalue weighted by molar-refractivity contribution is 6.00. The van der Waals surface area contributed by atoms with Crippen molar-refractivity contribution in [3.63, 3.8) is 0 Å². The molecule has 116 valence electrons. The first-order valence-electron chi connectivity index (χ1n) is 8.75. The lowest BCUT2D eigenvalue weighted by atomic mass is 9.77. The number of hydrogen-bond donors (Lipinski definition) is 1. The van der Waals surface area contributed by atoms with E-state index in [-0.39, 0.29) is 17.9 Å². The highest BCUT2D eigenvalue weighted by Gasteiger charge is 2.54. The summed E-state index contributed by atoms with van der Waals surface area (Å²) >= 11 is 0. The molecule has 4 nitrogen and oxygen atoms in total. The Kier molecular flexibility index (Phi) is 3.05. The minimum absolute atomic E-state index is 0.0688. The Hall–Kier alpha value is -1.06. The van der Waals surface area contributed by atoms with Crippen LogP contribution in [0.2, 0.25) is 0 Å². The van der Waals surface area contributed by atoms with Crippen LogP contribution in [0.4, 0.5) is 0 Å². The topological polar surface area (TPSA) is 49.4 Å². The molecule has 4 unspecified atom stereocenters. The molecule has 4 fully saturated rings. The first-order valence-corrected chi connectivity index (χ1v) is 8.75. The summed E-state index contributed by atoms with van der Waals surface area (Å²) in [6.07, 6.45) is 9.96. The Balaban J connectivity index is 1.64. The van der Waals surface area contributed by atoms with Crippen LogP contribution in [0.1, 0.15) is 64.7 Å². The monoisotopic (exact) mass is 290 g/mol. The molecule has 4 heteroatoms. The summed E-state index contributed by atoms with van der Waals surface area (Å²) in [6, 6.07) is 0.0468. The number of carbonyl (C=O) groups is 2. The van der Waals surface area contributed by atoms with E-state index in [4.69, 9.17) is 0 Å². The van der Waals surface area contributed by atoms with Gasteiger partial charge in [-0.1, -0.05) is 25.7 Å². The van der Waals surface area contributed by atoms with Crippen LogP contribution in [0.5, 0.6) is 0 Å². The molecule has 3 aliphatic carbocycles. The molecule has 4 atom stereocenters. The molecule has 2 amide bonds. The molecule has 1 heterocycles. The maximum atomic E-state index is 13.2. The SMILES string of the molecule is CC1C(=O)NC2(CCCCC2)C(=O)N1C1CC2CCC1C2. The van der Waals surface area contributed by atoms with E-state index < -0.39 is 5.54 Å². The molecular formula is C17H26N2O2. The lowest BCUT2D eigenvalue weighted by Crippen LogP contribution is -2.72. The zero-order chi connectivity index (χ0) is 14.6. The quantitative estimate of drug-likeness (QED) is 0.805. The third-order valence-electron chi connectivity index (χ3n) is 6.57. The number of nitrogens with one attached hydrogen (secondary N) is 1. The summed E-state index contributed by atoms with van der Waals surface area (Å²) in [5, 5.41) is 3.10. The fraction of sp³-hybridized carbons (Fsp3) is 0.882. The predicted octanol–water partition coefficient (Wildman–Crippen LogP) is 2.22. The van der Waals surface area contributed by atoms with Crippen LogP contribution >= 0.6 is 0 Å². The van der Waals surface area contributed by atoms with E-state index in [2.05, 4.69) is 5.32 Å². The van der Waals surface area contributed by atoms with Crippen LogP contribution in [-0.4, -0.2) is 34.3 Å². The van der Waals surface area contributed by atoms with Crippen molar-refractivity contribution in [2.24, 2.45) is 11.8 Å². The Labute approximate surface area is 126 Å². The molecule has 4 aliphatic rings. The maximum Gasteiger partial charge on any atom is 0.249 e. The summed E-state index contributed by atoms with van der Waals surface area (Å²) in [6.45, 7) is 1.91. The second-order valence-electron chi connectivity index (χ2n) is 7.76. The molecule has 0 radical (unpaired) electrons. The first-order chi connectivity index (χ1) is 10.1. The van der Waals surface area contributed by atoms with Gasteiger partial charge in [0.05, 0.1) is 0 Å². The van der Waals surface area contributed by atoms with Crippen molar-refractivity contribution in [3.05, 3.63) is 0 Å². The van der Waals surface area contributed by atoms with Gasteiger partial charge < -0.3 is 10.2 Å². The summed E-state index contributed by atoms with van der Waals surface area (Å²) in [4.78, 5) is 27.7. The third kappa shape index (κ3) is 1.94. The van der Waals surface area contributed by atoms with Crippen LogP contribution in [0, 0.1) is 11.8 Å². The summed E-state index contributed by atoms with van der Waals surface area (Å²) < 4.78 is 0. The lowest BCUT2D eigenvalue weighted by Gasteiger charge is -2.50. The molecule has 4 rings (SSSR count). The highest BCUT2D eigenvalue weighted by Crippen LogP contribution is 2.48. The van der Waals surface area contributed by atoms with E-state index in [1.807, 2.05) is 11.8 Å². The van der Waals surface area contributed by atoms with E-state index in [0.717, 1.165) is 38.0 Å². The largest absolute Gasteiger partial charge is 0.340 e. The van der Waals surface area contributed by atoms with Crippen molar-refractivity contribution >= 4 is 11.8 Å². The van der Waals surface area contributed by atoms with Crippen molar-refractivity contribution in [3.8, 4) is 0 Å². The Bertz CT molecular complexity index is 469. The fourth-order valence-corrected chi connectivity index (χ4v) is 5.43. The van der Waals surface area contributed by atoms with Gasteiger partial charge in [-0.2, -0.15) is 0 Å². The van der Waals surface area contributed by atoms with Crippen LogP contribution in [0.3, 0.4) is 0 Å². The van der Waals surface area contributed by atoms with Crippen molar-refractivity contribution in [2.75, 3.05) is 0 Å². The van der Waals surface area contributed by atoms with Gasteiger partial charge in [-0.3, -0.25) is 9.59 Å². The summed E-state index contributed by atoms with van der Waals surface area (Å²) in [5.41, 5.74) is -0.566. The normalized spacial score (nSPS) is 41.7. The molecule has 0 aromatic heterocycles. The molecule has 1 N–H and O–H groups in total. The number of piperazine rings is 1. The molecule has 1 spiro atoms. The standard InChI is InChI=1S/C17H26N2O2/c1-11-15(20)18-17(7-3-2-4-8-17)16(21)19(11)14-10-12-5-6-13(14)9-12/h11-14H,2-10H2,1H3,(H,18,20). The van der Waals surface area contributed by atoms with Gasteiger partial charge in [0.2, 0.25) is 11.8 Å². The first kappa shape index (κ1) is 13.6. The number of nitrogens with zero attached hydrogens (tertiary/aromatic N) is 1. The van der Waals surface area contributed by atoms with Gasteiger partial charge in [-0.25, -0.2) is 0 Å². The van der Waals surface area contributed by atoms with Crippen molar-refractivity contribution in [1.29, 1.82) is 0 Å². The number of amides is 2. The molecule has 1 saturated heterocycles. The van der Waals surface area contributed by atoms with Crippen LogP contribution < -0.4 is 5.32 Å². The van der Waals surface area contributed by atoms with Crippen LogP contribution in [0.15, 0.2) is 0 Å².